The smallest absolute Gasteiger partial charge is 0.411 e. The van der Waals surface area contributed by atoms with Crippen molar-refractivity contribution < 1.29 is 32.6 Å². The van der Waals surface area contributed by atoms with E-state index in [1.807, 2.05) is 0 Å². The number of alkyl halides is 3. The van der Waals surface area contributed by atoms with Gasteiger partial charge in [-0.25, -0.2) is 4.68 Å². The highest BCUT2D eigenvalue weighted by molar-refractivity contribution is 6.02. The van der Waals surface area contributed by atoms with Crippen molar-refractivity contribution >= 4 is 17.6 Å². The van der Waals surface area contributed by atoms with E-state index in [4.69, 9.17) is 5.11 Å². The number of anilines is 1. The highest BCUT2D eigenvalue weighted by Crippen LogP contribution is 2.15. The summed E-state index contributed by atoms with van der Waals surface area (Å²) in [5.74, 6) is -1.55. The monoisotopic (exact) mass is 361 g/mol. The van der Waals surface area contributed by atoms with Crippen LogP contribution in [0.5, 0.6) is 0 Å². The predicted octanol–water partition coefficient (Wildman–Crippen LogP) is 1.34. The molecule has 0 aliphatic carbocycles. The average Bonchev–Trinajstić information content (AvgIpc) is 3.13. The number of amides is 1. The molecular formula is C13H14F3N5O4. The van der Waals surface area contributed by atoms with E-state index in [9.17, 15) is 22.8 Å². The van der Waals surface area contributed by atoms with Crippen LogP contribution < -0.4 is 5.32 Å². The summed E-state index contributed by atoms with van der Waals surface area (Å²) in [4.78, 5) is 22.5. The van der Waals surface area contributed by atoms with Crippen molar-refractivity contribution in [1.29, 1.82) is 0 Å². The second-order valence-corrected chi connectivity index (χ2v) is 4.92. The lowest BCUT2D eigenvalue weighted by atomic mass is 10.4. The fraction of sp³-hybridized carbons (Fsp3) is 0.385. The predicted molar refractivity (Wildman–Crippen MR) is 76.7 cm³/mol. The van der Waals surface area contributed by atoms with Crippen molar-refractivity contribution in [3.8, 4) is 0 Å². The molecule has 0 aromatic carbocycles. The topological polar surface area (TPSA) is 111 Å². The van der Waals surface area contributed by atoms with E-state index in [1.165, 1.54) is 29.3 Å². The van der Waals surface area contributed by atoms with Gasteiger partial charge in [-0.05, 0) is 6.07 Å². The van der Waals surface area contributed by atoms with Crippen molar-refractivity contribution in [2.45, 2.75) is 25.9 Å². The summed E-state index contributed by atoms with van der Waals surface area (Å²) >= 11 is 0. The first kappa shape index (κ1) is 18.4. The number of hydrogen-bond donors (Lipinski definition) is 2. The fourth-order valence-electron chi connectivity index (χ4n) is 1.77. The lowest BCUT2D eigenvalue weighted by Gasteiger charge is -2.07. The van der Waals surface area contributed by atoms with Gasteiger partial charge in [-0.3, -0.25) is 14.3 Å². The zero-order valence-electron chi connectivity index (χ0n) is 12.7. The minimum absolute atomic E-state index is 0.0615. The molecule has 0 unspecified atom stereocenters. The van der Waals surface area contributed by atoms with Crippen molar-refractivity contribution in [3.05, 3.63) is 30.4 Å². The van der Waals surface area contributed by atoms with Crippen LogP contribution in [0.3, 0.4) is 0 Å². The quantitative estimate of drug-likeness (QED) is 0.734. The molecule has 0 bridgehead atoms. The normalized spacial score (nSPS) is 11.5. The Morgan fingerprint density at radius 2 is 2.08 bits per heavy atom. The van der Waals surface area contributed by atoms with Crippen molar-refractivity contribution in [2.24, 2.45) is 0 Å². The molecule has 2 aromatic heterocycles. The molecule has 25 heavy (non-hydrogen) atoms. The molecule has 0 fully saturated rings. The van der Waals surface area contributed by atoms with E-state index in [0.29, 0.717) is 0 Å². The molecule has 9 nitrogen and oxygen atoms in total. The Morgan fingerprint density at radius 1 is 1.32 bits per heavy atom. The Bertz CT molecular complexity index is 740. The van der Waals surface area contributed by atoms with Gasteiger partial charge in [0, 0.05) is 6.20 Å². The first-order chi connectivity index (χ1) is 11.7. The summed E-state index contributed by atoms with van der Waals surface area (Å²) in [6, 6.07) is 1.41. The number of nitrogens with one attached hydrogen (secondary N) is 1. The van der Waals surface area contributed by atoms with Crippen LogP contribution in [-0.4, -0.2) is 49.3 Å². The summed E-state index contributed by atoms with van der Waals surface area (Å²) in [7, 11) is 0. The summed E-state index contributed by atoms with van der Waals surface area (Å²) in [5, 5.41) is 18.7. The third-order valence-corrected chi connectivity index (χ3v) is 2.81. The van der Waals surface area contributed by atoms with Gasteiger partial charge in [0.15, 0.2) is 5.69 Å². The van der Waals surface area contributed by atoms with Gasteiger partial charge in [0.1, 0.15) is 13.3 Å². The molecule has 0 saturated heterocycles. The number of hydrogen-bond acceptors (Lipinski definition) is 5. The van der Waals surface area contributed by atoms with E-state index >= 15 is 0 Å². The first-order valence-corrected chi connectivity index (χ1v) is 6.96. The number of aliphatic carboxylic acids is 1. The van der Waals surface area contributed by atoms with E-state index in [0.717, 1.165) is 4.68 Å². The van der Waals surface area contributed by atoms with Crippen molar-refractivity contribution in [1.82, 2.24) is 19.6 Å². The Labute approximate surface area is 139 Å². The van der Waals surface area contributed by atoms with E-state index < -0.39 is 31.4 Å². The summed E-state index contributed by atoms with van der Waals surface area (Å²) in [5.41, 5.74) is 0.312. The van der Waals surface area contributed by atoms with Crippen molar-refractivity contribution in [2.75, 3.05) is 11.9 Å². The number of carbonyl (C=O) groups is 2. The van der Waals surface area contributed by atoms with Crippen LogP contribution in [0.1, 0.15) is 16.9 Å². The molecule has 0 spiro atoms. The molecule has 0 aliphatic rings. The standard InChI is InChI=1S/C13H14F3N5O4/c14-13(15,16)7-25-8-21-6-9(5-17-21)18-12(24)10-1-3-20(19-10)4-2-11(22)23/h1,3,5-6H,2,4,7-8H2,(H,18,24)(H,22,23). The number of nitrogens with zero attached hydrogens (tertiary/aromatic N) is 4. The van der Waals surface area contributed by atoms with Crippen LogP contribution in [0.2, 0.25) is 0 Å². The average molecular weight is 361 g/mol. The number of carboxylic acids is 1. The van der Waals surface area contributed by atoms with Gasteiger partial charge >= 0.3 is 12.1 Å². The first-order valence-electron chi connectivity index (χ1n) is 6.96. The number of carboxylic acid groups (broad SMARTS) is 1. The van der Waals surface area contributed by atoms with E-state index in [-0.39, 0.29) is 24.3 Å². The van der Waals surface area contributed by atoms with Crippen LogP contribution in [-0.2, 0) is 22.8 Å². The lowest BCUT2D eigenvalue weighted by molar-refractivity contribution is -0.182. The molecule has 136 valence electrons. The third kappa shape index (κ3) is 6.25. The molecular weight excluding hydrogens is 347 g/mol. The highest BCUT2D eigenvalue weighted by Gasteiger charge is 2.27. The largest absolute Gasteiger partial charge is 0.481 e. The second-order valence-electron chi connectivity index (χ2n) is 4.92. The van der Waals surface area contributed by atoms with Gasteiger partial charge in [-0.1, -0.05) is 0 Å². The number of ether oxygens (including phenoxy) is 1. The minimum atomic E-state index is -4.43. The summed E-state index contributed by atoms with van der Waals surface area (Å²) < 4.78 is 42.8. The molecule has 12 heteroatoms. The molecule has 1 amide bonds. The number of carbonyl (C=O) groups excluding carboxylic acids is 1. The van der Waals surface area contributed by atoms with Gasteiger partial charge < -0.3 is 15.2 Å². The van der Waals surface area contributed by atoms with Gasteiger partial charge in [0.2, 0.25) is 0 Å². The molecule has 0 aliphatic heterocycles. The molecule has 0 atom stereocenters. The molecule has 2 N–H and O–H groups in total. The molecule has 2 rings (SSSR count). The maximum Gasteiger partial charge on any atom is 0.411 e. The van der Waals surface area contributed by atoms with Gasteiger partial charge in [-0.15, -0.1) is 0 Å². The third-order valence-electron chi connectivity index (χ3n) is 2.81. The zero-order chi connectivity index (χ0) is 18.4. The molecule has 2 heterocycles. The number of aromatic nitrogens is 4. The van der Waals surface area contributed by atoms with Gasteiger partial charge in [-0.2, -0.15) is 23.4 Å². The van der Waals surface area contributed by atoms with E-state index in [1.54, 1.807) is 0 Å². The van der Waals surface area contributed by atoms with Crippen molar-refractivity contribution in [3.63, 3.8) is 0 Å². The molecule has 0 saturated carbocycles. The second kappa shape index (κ2) is 7.79. The Hall–Kier alpha value is -2.89. The molecule has 0 radical (unpaired) electrons. The minimum Gasteiger partial charge on any atom is -0.481 e. The number of rotatable bonds is 8. The van der Waals surface area contributed by atoms with E-state index in [2.05, 4.69) is 20.3 Å². The number of aryl methyl sites for hydroxylation is 1. The Kier molecular flexibility index (Phi) is 5.75. The lowest BCUT2D eigenvalue weighted by Crippen LogP contribution is -2.18. The zero-order valence-corrected chi connectivity index (χ0v) is 12.7. The number of halogens is 3. The Balaban J connectivity index is 1.85. The van der Waals surface area contributed by atoms with Crippen LogP contribution in [0.15, 0.2) is 24.7 Å². The van der Waals surface area contributed by atoms with Gasteiger partial charge in [0.05, 0.1) is 31.0 Å². The van der Waals surface area contributed by atoms with Crippen LogP contribution in [0, 0.1) is 0 Å². The summed E-state index contributed by atoms with van der Waals surface area (Å²) in [6.07, 6.45) is -0.546. The van der Waals surface area contributed by atoms with Gasteiger partial charge in [0.25, 0.3) is 5.91 Å². The SMILES string of the molecule is O=C(O)CCn1ccc(C(=O)Nc2cnn(COCC(F)(F)F)c2)n1. The highest BCUT2D eigenvalue weighted by atomic mass is 19.4. The maximum absolute atomic E-state index is 12.0. The maximum atomic E-state index is 12.0. The van der Waals surface area contributed by atoms with Crippen LogP contribution >= 0.6 is 0 Å². The van der Waals surface area contributed by atoms with Crippen LogP contribution in [0.4, 0.5) is 18.9 Å². The fourth-order valence-corrected chi connectivity index (χ4v) is 1.77. The summed E-state index contributed by atoms with van der Waals surface area (Å²) in [6.45, 7) is -1.70. The molecule has 2 aromatic rings. The van der Waals surface area contributed by atoms with Crippen LogP contribution in [0.25, 0.3) is 0 Å². The Morgan fingerprint density at radius 3 is 2.76 bits per heavy atom.